The first kappa shape index (κ1) is 23.9. The summed E-state index contributed by atoms with van der Waals surface area (Å²) in [6.07, 6.45) is 1.80. The number of hydrogen-bond acceptors (Lipinski definition) is 7. The zero-order chi connectivity index (χ0) is 23.3. The molecule has 1 aliphatic rings. The van der Waals surface area contributed by atoms with Gasteiger partial charge >= 0.3 is 5.97 Å². The van der Waals surface area contributed by atoms with E-state index in [9.17, 15) is 9.59 Å². The van der Waals surface area contributed by atoms with E-state index in [1.165, 1.54) is 23.8 Å². The van der Waals surface area contributed by atoms with Gasteiger partial charge in [-0.2, -0.15) is 0 Å². The minimum Gasteiger partial charge on any atom is -0.490 e. The Morgan fingerprint density at radius 3 is 2.34 bits per heavy atom. The number of hydrogen-bond donors (Lipinski definition) is 0. The SMILES string of the molecule is CCOc1cc(Br)c(C=C2SC(=Nc3ccc(C(=O)OC)cc3)N(C)C2=O)cc1OCC. The Hall–Kier alpha value is -2.78. The van der Waals surface area contributed by atoms with Crippen LogP contribution >= 0.6 is 27.7 Å². The van der Waals surface area contributed by atoms with Crippen LogP contribution in [0.25, 0.3) is 6.08 Å². The minimum atomic E-state index is -0.413. The third-order valence-electron chi connectivity index (χ3n) is 4.47. The molecule has 0 spiro atoms. The van der Waals surface area contributed by atoms with Gasteiger partial charge in [-0.05, 0) is 73.6 Å². The van der Waals surface area contributed by atoms with Gasteiger partial charge in [0, 0.05) is 11.5 Å². The zero-order valence-electron chi connectivity index (χ0n) is 18.2. The molecule has 1 saturated heterocycles. The number of carbonyl (C=O) groups excluding carboxylic acids is 2. The van der Waals surface area contributed by atoms with E-state index in [0.717, 1.165) is 10.0 Å². The standard InChI is InChI=1S/C23H23BrN2O5S/c1-5-30-18-11-15(17(24)13-19(18)31-6-2)12-20-21(27)26(3)23(32-20)25-16-9-7-14(8-10-16)22(28)29-4/h7-13H,5-6H2,1-4H3. The number of carbonyl (C=O) groups is 2. The molecule has 1 fully saturated rings. The molecule has 3 rings (SSSR count). The van der Waals surface area contributed by atoms with E-state index < -0.39 is 5.97 Å². The molecule has 0 N–H and O–H groups in total. The highest BCUT2D eigenvalue weighted by atomic mass is 79.9. The molecule has 1 heterocycles. The first-order valence-corrected chi connectivity index (χ1v) is 11.5. The van der Waals surface area contributed by atoms with Crippen molar-refractivity contribution in [2.45, 2.75) is 13.8 Å². The highest BCUT2D eigenvalue weighted by Crippen LogP contribution is 2.38. The van der Waals surface area contributed by atoms with Crippen molar-refractivity contribution < 1.29 is 23.8 Å². The van der Waals surface area contributed by atoms with Gasteiger partial charge in [-0.15, -0.1) is 0 Å². The van der Waals surface area contributed by atoms with Crippen molar-refractivity contribution in [2.75, 3.05) is 27.4 Å². The second-order valence-corrected chi connectivity index (χ2v) is 8.46. The fourth-order valence-electron chi connectivity index (χ4n) is 2.89. The molecule has 1 aliphatic heterocycles. The lowest BCUT2D eigenvalue weighted by molar-refractivity contribution is -0.121. The second-order valence-electron chi connectivity index (χ2n) is 6.59. The van der Waals surface area contributed by atoms with Crippen molar-refractivity contribution >= 4 is 56.5 Å². The number of aliphatic imine (C=N–C) groups is 1. The fourth-order valence-corrected chi connectivity index (χ4v) is 4.31. The van der Waals surface area contributed by atoms with E-state index in [2.05, 4.69) is 20.9 Å². The van der Waals surface area contributed by atoms with Crippen molar-refractivity contribution in [1.29, 1.82) is 0 Å². The number of benzene rings is 2. The maximum Gasteiger partial charge on any atom is 0.337 e. The number of ether oxygens (including phenoxy) is 3. The van der Waals surface area contributed by atoms with Crippen LogP contribution in [-0.2, 0) is 9.53 Å². The molecular weight excluding hydrogens is 496 g/mol. The van der Waals surface area contributed by atoms with Crippen molar-refractivity contribution in [3.8, 4) is 11.5 Å². The quantitative estimate of drug-likeness (QED) is 0.367. The molecule has 0 saturated carbocycles. The summed E-state index contributed by atoms with van der Waals surface area (Å²) in [7, 11) is 3.01. The smallest absolute Gasteiger partial charge is 0.337 e. The molecular formula is C23H23BrN2O5S. The van der Waals surface area contributed by atoms with E-state index in [1.807, 2.05) is 26.0 Å². The third-order valence-corrected chi connectivity index (χ3v) is 6.21. The summed E-state index contributed by atoms with van der Waals surface area (Å²) in [6.45, 7) is 4.83. The van der Waals surface area contributed by atoms with E-state index in [0.29, 0.717) is 46.0 Å². The molecule has 32 heavy (non-hydrogen) atoms. The third kappa shape index (κ3) is 5.34. The second kappa shape index (κ2) is 10.7. The molecule has 0 unspecified atom stereocenters. The fraction of sp³-hybridized carbons (Fsp3) is 0.261. The highest BCUT2D eigenvalue weighted by molar-refractivity contribution is 9.10. The van der Waals surface area contributed by atoms with Crippen LogP contribution in [0.2, 0.25) is 0 Å². The number of likely N-dealkylation sites (N-methyl/N-ethyl adjacent to an activating group) is 1. The summed E-state index contributed by atoms with van der Waals surface area (Å²) < 4.78 is 16.8. The number of thioether (sulfide) groups is 1. The molecule has 168 valence electrons. The lowest BCUT2D eigenvalue weighted by atomic mass is 10.2. The highest BCUT2D eigenvalue weighted by Gasteiger charge is 2.30. The van der Waals surface area contributed by atoms with Crippen LogP contribution in [0, 0.1) is 0 Å². The Bertz CT molecular complexity index is 1080. The predicted molar refractivity (Wildman–Crippen MR) is 130 cm³/mol. The van der Waals surface area contributed by atoms with Crippen LogP contribution in [-0.4, -0.2) is 49.3 Å². The van der Waals surface area contributed by atoms with E-state index in [-0.39, 0.29) is 5.91 Å². The van der Waals surface area contributed by atoms with Gasteiger partial charge in [-0.3, -0.25) is 9.69 Å². The van der Waals surface area contributed by atoms with Crippen molar-refractivity contribution in [3.63, 3.8) is 0 Å². The van der Waals surface area contributed by atoms with Crippen molar-refractivity contribution in [2.24, 2.45) is 4.99 Å². The summed E-state index contributed by atoms with van der Waals surface area (Å²) in [5, 5.41) is 0.541. The number of nitrogens with zero attached hydrogens (tertiary/aromatic N) is 2. The Kier molecular flexibility index (Phi) is 7.98. The summed E-state index contributed by atoms with van der Waals surface area (Å²) >= 11 is 4.83. The van der Waals surface area contributed by atoms with Crippen molar-refractivity contribution in [3.05, 3.63) is 56.9 Å². The Morgan fingerprint density at radius 2 is 1.75 bits per heavy atom. The average Bonchev–Trinajstić information content (AvgIpc) is 3.04. The Morgan fingerprint density at radius 1 is 1.12 bits per heavy atom. The van der Waals surface area contributed by atoms with E-state index in [1.54, 1.807) is 37.4 Å². The van der Waals surface area contributed by atoms with Crippen LogP contribution in [0.15, 0.2) is 50.8 Å². The summed E-state index contributed by atoms with van der Waals surface area (Å²) in [4.78, 5) is 31.0. The summed E-state index contributed by atoms with van der Waals surface area (Å²) in [6, 6.07) is 10.4. The molecule has 0 atom stereocenters. The number of halogens is 1. The van der Waals surface area contributed by atoms with Crippen LogP contribution in [0.3, 0.4) is 0 Å². The zero-order valence-corrected chi connectivity index (χ0v) is 20.6. The Balaban J connectivity index is 1.89. The number of amides is 1. The van der Waals surface area contributed by atoms with Gasteiger partial charge in [0.2, 0.25) is 0 Å². The van der Waals surface area contributed by atoms with Crippen LogP contribution < -0.4 is 9.47 Å². The molecule has 2 aromatic carbocycles. The maximum atomic E-state index is 12.8. The van der Waals surface area contributed by atoms with Crippen molar-refractivity contribution in [1.82, 2.24) is 4.90 Å². The lowest BCUT2D eigenvalue weighted by Gasteiger charge is -2.13. The Labute approximate surface area is 199 Å². The largest absolute Gasteiger partial charge is 0.490 e. The van der Waals surface area contributed by atoms with Gasteiger partial charge in [0.15, 0.2) is 16.7 Å². The van der Waals surface area contributed by atoms with E-state index >= 15 is 0 Å². The lowest BCUT2D eigenvalue weighted by Crippen LogP contribution is -2.23. The molecule has 1 amide bonds. The molecule has 7 nitrogen and oxygen atoms in total. The minimum absolute atomic E-state index is 0.154. The molecule has 0 aliphatic carbocycles. The topological polar surface area (TPSA) is 77.4 Å². The number of rotatable bonds is 7. The summed E-state index contributed by atoms with van der Waals surface area (Å²) in [5.74, 6) is 0.694. The first-order chi connectivity index (χ1) is 15.4. The first-order valence-electron chi connectivity index (χ1n) is 9.91. The number of amidine groups is 1. The predicted octanol–water partition coefficient (Wildman–Crippen LogP) is 5.27. The van der Waals surface area contributed by atoms with Gasteiger partial charge in [0.1, 0.15) is 0 Å². The maximum absolute atomic E-state index is 12.8. The number of esters is 1. The molecule has 0 bridgehead atoms. The van der Waals surface area contributed by atoms with Gasteiger partial charge in [-0.1, -0.05) is 15.9 Å². The van der Waals surface area contributed by atoms with Crippen LogP contribution in [0.1, 0.15) is 29.8 Å². The van der Waals surface area contributed by atoms with Gasteiger partial charge in [-0.25, -0.2) is 9.79 Å². The van der Waals surface area contributed by atoms with E-state index in [4.69, 9.17) is 14.2 Å². The molecule has 9 heteroatoms. The molecule has 2 aromatic rings. The van der Waals surface area contributed by atoms with Gasteiger partial charge < -0.3 is 14.2 Å². The van der Waals surface area contributed by atoms with Gasteiger partial charge in [0.25, 0.3) is 5.91 Å². The monoisotopic (exact) mass is 518 g/mol. The molecule has 0 aromatic heterocycles. The van der Waals surface area contributed by atoms with Crippen LogP contribution in [0.4, 0.5) is 5.69 Å². The van der Waals surface area contributed by atoms with Crippen LogP contribution in [0.5, 0.6) is 11.5 Å². The number of methoxy groups -OCH3 is 1. The summed E-state index contributed by atoms with van der Waals surface area (Å²) in [5.41, 5.74) is 1.86. The molecule has 0 radical (unpaired) electrons. The normalized spacial score (nSPS) is 16.0. The van der Waals surface area contributed by atoms with Gasteiger partial charge in [0.05, 0.1) is 36.5 Å². The average molecular weight is 519 g/mol.